The number of rotatable bonds is 5. The Hall–Kier alpha value is -3.20. The SMILES string of the molecule is CCN(CC)C(=O)c1ccc(NC(=O)C2CCN(C3=NS(=O)(=O)c4ccccc43)CC2)cc1. The third kappa shape index (κ3) is 4.64. The number of sulfonamides is 1. The maximum atomic E-state index is 12.8. The number of amides is 2. The third-order valence-electron chi connectivity index (χ3n) is 6.23. The minimum Gasteiger partial charge on any atom is -0.355 e. The Bertz CT molecular complexity index is 1180. The van der Waals surface area contributed by atoms with Crippen molar-refractivity contribution >= 4 is 33.4 Å². The fourth-order valence-corrected chi connectivity index (χ4v) is 5.53. The lowest BCUT2D eigenvalue weighted by Gasteiger charge is -2.32. The number of hydrogen-bond donors (Lipinski definition) is 1. The van der Waals surface area contributed by atoms with E-state index in [1.165, 1.54) is 0 Å². The highest BCUT2D eigenvalue weighted by molar-refractivity contribution is 7.90. The summed E-state index contributed by atoms with van der Waals surface area (Å²) in [6.07, 6.45) is 1.21. The van der Waals surface area contributed by atoms with Crippen molar-refractivity contribution in [2.24, 2.45) is 10.3 Å². The Morgan fingerprint density at radius 2 is 1.67 bits per heavy atom. The Morgan fingerprint density at radius 3 is 2.30 bits per heavy atom. The monoisotopic (exact) mass is 468 g/mol. The zero-order valence-electron chi connectivity index (χ0n) is 18.8. The second-order valence-electron chi connectivity index (χ2n) is 8.19. The summed E-state index contributed by atoms with van der Waals surface area (Å²) in [4.78, 5) is 29.2. The van der Waals surface area contributed by atoms with E-state index in [-0.39, 0.29) is 22.6 Å². The molecule has 8 nitrogen and oxygen atoms in total. The molecule has 0 saturated carbocycles. The van der Waals surface area contributed by atoms with Crippen LogP contribution in [0.25, 0.3) is 0 Å². The lowest BCUT2D eigenvalue weighted by Crippen LogP contribution is -2.41. The van der Waals surface area contributed by atoms with E-state index < -0.39 is 10.0 Å². The van der Waals surface area contributed by atoms with Gasteiger partial charge in [-0.15, -0.1) is 4.40 Å². The van der Waals surface area contributed by atoms with Crippen LogP contribution < -0.4 is 5.32 Å². The fraction of sp³-hybridized carbons (Fsp3) is 0.375. The molecule has 2 aromatic rings. The molecule has 1 fully saturated rings. The number of benzene rings is 2. The maximum absolute atomic E-state index is 12.8. The van der Waals surface area contributed by atoms with Crippen molar-refractivity contribution in [3.8, 4) is 0 Å². The van der Waals surface area contributed by atoms with E-state index >= 15 is 0 Å². The molecule has 1 saturated heterocycles. The van der Waals surface area contributed by atoms with Crippen LogP contribution >= 0.6 is 0 Å². The highest BCUT2D eigenvalue weighted by Gasteiger charge is 2.34. The lowest BCUT2D eigenvalue weighted by molar-refractivity contribution is -0.120. The fourth-order valence-electron chi connectivity index (χ4n) is 4.30. The van der Waals surface area contributed by atoms with Gasteiger partial charge in [0, 0.05) is 48.9 Å². The molecule has 0 aromatic heterocycles. The van der Waals surface area contributed by atoms with Crippen molar-refractivity contribution in [2.75, 3.05) is 31.5 Å². The van der Waals surface area contributed by atoms with Gasteiger partial charge in [-0.3, -0.25) is 9.59 Å². The molecule has 33 heavy (non-hydrogen) atoms. The summed E-state index contributed by atoms with van der Waals surface area (Å²) in [5, 5.41) is 2.94. The summed E-state index contributed by atoms with van der Waals surface area (Å²) in [5.74, 6) is 0.201. The first-order valence-electron chi connectivity index (χ1n) is 11.2. The van der Waals surface area contributed by atoms with E-state index in [0.29, 0.717) is 61.7 Å². The molecule has 0 spiro atoms. The first-order chi connectivity index (χ1) is 15.8. The number of anilines is 1. The minimum atomic E-state index is -3.65. The van der Waals surface area contributed by atoms with Crippen molar-refractivity contribution in [3.05, 3.63) is 59.7 Å². The number of piperidine rings is 1. The molecule has 0 aliphatic carbocycles. The average molecular weight is 469 g/mol. The standard InChI is InChI=1S/C24H28N4O4S/c1-3-27(4-2)24(30)18-9-11-19(12-10-18)25-23(29)17-13-15-28(16-14-17)22-20-7-5-6-8-21(20)33(31,32)26-22/h5-12,17H,3-4,13-16H2,1-2H3,(H,25,29). The van der Waals surface area contributed by atoms with E-state index in [4.69, 9.17) is 0 Å². The predicted molar refractivity (Wildman–Crippen MR) is 127 cm³/mol. The van der Waals surface area contributed by atoms with Crippen LogP contribution in [0.2, 0.25) is 0 Å². The van der Waals surface area contributed by atoms with Crippen molar-refractivity contribution in [3.63, 3.8) is 0 Å². The molecule has 174 valence electrons. The van der Waals surface area contributed by atoms with E-state index in [9.17, 15) is 18.0 Å². The van der Waals surface area contributed by atoms with Crippen LogP contribution in [0.5, 0.6) is 0 Å². The first-order valence-corrected chi connectivity index (χ1v) is 12.7. The quantitative estimate of drug-likeness (QED) is 0.727. The van der Waals surface area contributed by atoms with Crippen LogP contribution in [0, 0.1) is 5.92 Å². The predicted octanol–water partition coefficient (Wildman–Crippen LogP) is 2.97. The Labute approximate surface area is 194 Å². The molecule has 2 aliphatic heterocycles. The van der Waals surface area contributed by atoms with Crippen molar-refractivity contribution < 1.29 is 18.0 Å². The smallest absolute Gasteiger partial charge is 0.285 e. The number of carbonyl (C=O) groups is 2. The van der Waals surface area contributed by atoms with Crippen LogP contribution in [-0.4, -0.2) is 62.0 Å². The summed E-state index contributed by atoms with van der Waals surface area (Å²) in [6.45, 7) is 6.29. The molecule has 9 heteroatoms. The van der Waals surface area contributed by atoms with Crippen molar-refractivity contribution in [2.45, 2.75) is 31.6 Å². The van der Waals surface area contributed by atoms with Crippen LogP contribution in [0.4, 0.5) is 5.69 Å². The second kappa shape index (κ2) is 9.35. The molecule has 2 aliphatic rings. The van der Waals surface area contributed by atoms with Gasteiger partial charge in [-0.05, 0) is 63.1 Å². The third-order valence-corrected chi connectivity index (χ3v) is 7.55. The number of hydrogen-bond acceptors (Lipinski definition) is 5. The van der Waals surface area contributed by atoms with Crippen LogP contribution in [0.1, 0.15) is 42.6 Å². The van der Waals surface area contributed by atoms with E-state index in [0.717, 1.165) is 0 Å². The Kier molecular flexibility index (Phi) is 6.51. The van der Waals surface area contributed by atoms with Crippen molar-refractivity contribution in [1.82, 2.24) is 9.80 Å². The normalized spacial score (nSPS) is 17.3. The summed E-state index contributed by atoms with van der Waals surface area (Å²) in [6, 6.07) is 13.8. The highest BCUT2D eigenvalue weighted by atomic mass is 32.2. The molecular weight excluding hydrogens is 440 g/mol. The van der Waals surface area contributed by atoms with Gasteiger partial charge < -0.3 is 15.1 Å². The topological polar surface area (TPSA) is 99.2 Å². The molecule has 0 unspecified atom stereocenters. The molecule has 0 radical (unpaired) electrons. The van der Waals surface area contributed by atoms with Gasteiger partial charge in [0.15, 0.2) is 5.84 Å². The van der Waals surface area contributed by atoms with Gasteiger partial charge in [0.05, 0.1) is 0 Å². The van der Waals surface area contributed by atoms with Gasteiger partial charge in [0.25, 0.3) is 15.9 Å². The lowest BCUT2D eigenvalue weighted by atomic mass is 9.95. The number of nitrogens with zero attached hydrogens (tertiary/aromatic N) is 3. The summed E-state index contributed by atoms with van der Waals surface area (Å²) in [7, 11) is -3.65. The molecule has 1 N–H and O–H groups in total. The molecular formula is C24H28N4O4S. The maximum Gasteiger partial charge on any atom is 0.285 e. The van der Waals surface area contributed by atoms with E-state index in [1.807, 2.05) is 18.7 Å². The first kappa shape index (κ1) is 23.0. The van der Waals surface area contributed by atoms with Crippen LogP contribution in [-0.2, 0) is 14.8 Å². The molecule has 4 rings (SSSR count). The highest BCUT2D eigenvalue weighted by Crippen LogP contribution is 2.30. The zero-order chi connectivity index (χ0) is 23.6. The summed E-state index contributed by atoms with van der Waals surface area (Å²) >= 11 is 0. The van der Waals surface area contributed by atoms with Gasteiger partial charge in [-0.1, -0.05) is 12.1 Å². The number of amidine groups is 1. The van der Waals surface area contributed by atoms with Gasteiger partial charge in [0.1, 0.15) is 4.90 Å². The second-order valence-corrected chi connectivity index (χ2v) is 9.76. The van der Waals surface area contributed by atoms with Gasteiger partial charge in [-0.25, -0.2) is 0 Å². The van der Waals surface area contributed by atoms with Gasteiger partial charge >= 0.3 is 0 Å². The summed E-state index contributed by atoms with van der Waals surface area (Å²) in [5.41, 5.74) is 1.87. The molecule has 0 atom stereocenters. The van der Waals surface area contributed by atoms with Gasteiger partial charge in [0.2, 0.25) is 5.91 Å². The number of carbonyl (C=O) groups excluding carboxylic acids is 2. The largest absolute Gasteiger partial charge is 0.355 e. The Morgan fingerprint density at radius 1 is 1.03 bits per heavy atom. The van der Waals surface area contributed by atoms with E-state index in [1.54, 1.807) is 53.4 Å². The Balaban J connectivity index is 1.35. The molecule has 0 bridgehead atoms. The summed E-state index contributed by atoms with van der Waals surface area (Å²) < 4.78 is 28.6. The zero-order valence-corrected chi connectivity index (χ0v) is 19.6. The molecule has 2 aromatic carbocycles. The van der Waals surface area contributed by atoms with Crippen LogP contribution in [0.15, 0.2) is 57.8 Å². The van der Waals surface area contributed by atoms with Gasteiger partial charge in [-0.2, -0.15) is 8.42 Å². The molecule has 2 amide bonds. The van der Waals surface area contributed by atoms with Crippen molar-refractivity contribution in [1.29, 1.82) is 0 Å². The number of fused-ring (bicyclic) bond motifs is 1. The minimum absolute atomic E-state index is 0.0244. The number of nitrogens with one attached hydrogen (secondary N) is 1. The van der Waals surface area contributed by atoms with E-state index in [2.05, 4.69) is 9.71 Å². The van der Waals surface area contributed by atoms with Crippen LogP contribution in [0.3, 0.4) is 0 Å². The number of likely N-dealkylation sites (tertiary alicyclic amines) is 1. The molecule has 2 heterocycles. The average Bonchev–Trinajstić information content (AvgIpc) is 3.11.